The lowest BCUT2D eigenvalue weighted by Crippen LogP contribution is -2.33. The molecule has 0 saturated heterocycles. The molecule has 1 aromatic heterocycles. The van der Waals surface area contributed by atoms with Gasteiger partial charge in [0.25, 0.3) is 0 Å². The summed E-state index contributed by atoms with van der Waals surface area (Å²) in [6.45, 7) is 3.50. The number of fused-ring (bicyclic) bond motifs is 4. The highest BCUT2D eigenvalue weighted by atomic mass is 15.1. The molecule has 2 nitrogen and oxygen atoms in total. The number of hydrogen-bond donors (Lipinski definition) is 0. The van der Waals surface area contributed by atoms with E-state index in [1.54, 1.807) is 5.57 Å². The van der Waals surface area contributed by atoms with Gasteiger partial charge < -0.3 is 4.90 Å². The first-order valence-electron chi connectivity index (χ1n) is 15.9. The minimum Gasteiger partial charge on any atom is -0.462 e. The quantitative estimate of drug-likeness (QED) is 0.258. The topological polar surface area (TPSA) is 7.12 Å². The molecule has 1 aromatic rings. The molecule has 2 heteroatoms. The smallest absolute Gasteiger partial charge is 0.171 e. The van der Waals surface area contributed by atoms with Crippen LogP contribution in [-0.2, 0) is 13.0 Å². The minimum atomic E-state index is 1.12. The molecule has 36 heavy (non-hydrogen) atoms. The Kier molecular flexibility index (Phi) is 15.7. The number of nitrogens with zero attached hydrogens (tertiary/aromatic N) is 2. The van der Waals surface area contributed by atoms with Gasteiger partial charge in [-0.15, -0.1) is 5.57 Å². The third-order valence-electron chi connectivity index (χ3n) is 8.20. The fourth-order valence-corrected chi connectivity index (χ4v) is 5.88. The first-order valence-corrected chi connectivity index (χ1v) is 15.9. The maximum Gasteiger partial charge on any atom is 0.171 e. The van der Waals surface area contributed by atoms with Crippen LogP contribution in [0.5, 0.6) is 0 Å². The van der Waals surface area contributed by atoms with Crippen LogP contribution in [0.4, 0.5) is 0 Å². The highest BCUT2D eigenvalue weighted by Gasteiger charge is 2.04. The van der Waals surface area contributed by atoms with Crippen molar-refractivity contribution in [3.63, 3.8) is 0 Å². The second-order valence-corrected chi connectivity index (χ2v) is 11.6. The molecule has 0 N–H and O–H groups in total. The van der Waals surface area contributed by atoms with Gasteiger partial charge in [0, 0.05) is 24.6 Å². The Morgan fingerprint density at radius 1 is 0.611 bits per heavy atom. The highest BCUT2D eigenvalue weighted by Crippen LogP contribution is 2.18. The van der Waals surface area contributed by atoms with E-state index in [2.05, 4.69) is 52.3 Å². The maximum atomic E-state index is 3.47. The van der Waals surface area contributed by atoms with Crippen molar-refractivity contribution in [3.8, 4) is 0 Å². The van der Waals surface area contributed by atoms with Crippen molar-refractivity contribution >= 4 is 0 Å². The maximum absolute atomic E-state index is 3.47. The first-order chi connectivity index (χ1) is 17.9. The Labute approximate surface area is 224 Å². The van der Waals surface area contributed by atoms with Gasteiger partial charge in [-0.1, -0.05) is 103 Å². The van der Waals surface area contributed by atoms with Crippen molar-refractivity contribution in [2.24, 2.45) is 0 Å². The van der Waals surface area contributed by atoms with Crippen LogP contribution in [0.25, 0.3) is 0 Å². The van der Waals surface area contributed by atoms with Crippen LogP contribution in [-0.4, -0.2) is 18.0 Å². The second-order valence-electron chi connectivity index (χ2n) is 11.6. The molecular formula is C34H56N2. The number of rotatable bonds is 0. The predicted molar refractivity (Wildman–Crippen MR) is 155 cm³/mol. The number of aryl methyl sites for hydroxylation is 2. The zero-order valence-corrected chi connectivity index (χ0v) is 23.5. The van der Waals surface area contributed by atoms with Crippen molar-refractivity contribution in [2.45, 2.75) is 148 Å². The summed E-state index contributed by atoms with van der Waals surface area (Å²) >= 11 is 0. The van der Waals surface area contributed by atoms with Crippen LogP contribution in [0, 0.1) is 6.20 Å². The predicted octanol–water partition coefficient (Wildman–Crippen LogP) is 9.28. The molecule has 0 saturated carbocycles. The molecule has 0 unspecified atom stereocenters. The summed E-state index contributed by atoms with van der Waals surface area (Å²) < 4.78 is 2.43. The molecule has 0 aliphatic carbocycles. The lowest BCUT2D eigenvalue weighted by atomic mass is 10.0. The summed E-state index contributed by atoms with van der Waals surface area (Å²) in [4.78, 5) is 2.43. The summed E-state index contributed by atoms with van der Waals surface area (Å²) in [7, 11) is 0. The molecule has 4 bridgehead atoms. The molecule has 0 spiro atoms. The van der Waals surface area contributed by atoms with E-state index in [4.69, 9.17) is 0 Å². The Morgan fingerprint density at radius 2 is 1.17 bits per heavy atom. The molecule has 0 radical (unpaired) electrons. The van der Waals surface area contributed by atoms with E-state index in [0.717, 1.165) is 6.54 Å². The Hall–Kier alpha value is -1.57. The number of allylic oxidation sites excluding steroid dienone is 2. The van der Waals surface area contributed by atoms with Crippen LogP contribution in [0.3, 0.4) is 0 Å². The van der Waals surface area contributed by atoms with Gasteiger partial charge in [0.15, 0.2) is 12.4 Å². The molecule has 0 atom stereocenters. The van der Waals surface area contributed by atoms with Gasteiger partial charge in [-0.05, 0) is 44.7 Å². The van der Waals surface area contributed by atoms with Gasteiger partial charge in [0.05, 0.1) is 0 Å². The van der Waals surface area contributed by atoms with Gasteiger partial charge in [-0.3, -0.25) is 0 Å². The van der Waals surface area contributed by atoms with E-state index in [-0.39, 0.29) is 0 Å². The van der Waals surface area contributed by atoms with Crippen LogP contribution in [0.1, 0.15) is 140 Å². The monoisotopic (exact) mass is 492 g/mol. The average molecular weight is 493 g/mol. The molecule has 3 rings (SSSR count). The van der Waals surface area contributed by atoms with Crippen molar-refractivity contribution in [1.82, 2.24) is 4.90 Å². The van der Waals surface area contributed by atoms with E-state index in [9.17, 15) is 0 Å². The van der Waals surface area contributed by atoms with Crippen molar-refractivity contribution in [3.05, 3.63) is 54.0 Å². The molecule has 0 fully saturated rings. The Morgan fingerprint density at radius 3 is 1.83 bits per heavy atom. The zero-order valence-electron chi connectivity index (χ0n) is 23.5. The third kappa shape index (κ3) is 13.7. The second kappa shape index (κ2) is 19.5. The SMILES string of the molecule is [C-]1=CC=C2CCCCCCCCCCCC[n+]3cccc(c3)CCCCCCCCCCCCN1C2. The van der Waals surface area contributed by atoms with Gasteiger partial charge >= 0.3 is 0 Å². The Bertz CT molecular complexity index is 734. The van der Waals surface area contributed by atoms with Gasteiger partial charge in [-0.25, -0.2) is 16.7 Å². The summed E-state index contributed by atoms with van der Waals surface area (Å²) in [5.41, 5.74) is 3.15. The van der Waals surface area contributed by atoms with E-state index < -0.39 is 0 Å². The number of aromatic nitrogens is 1. The van der Waals surface area contributed by atoms with E-state index in [1.165, 1.54) is 160 Å². The van der Waals surface area contributed by atoms with Crippen molar-refractivity contribution in [1.29, 1.82) is 0 Å². The molecule has 2 aliphatic rings. The molecule has 0 amide bonds. The van der Waals surface area contributed by atoms with Crippen molar-refractivity contribution in [2.75, 3.05) is 13.1 Å². The van der Waals surface area contributed by atoms with Crippen molar-refractivity contribution < 1.29 is 4.57 Å². The standard InChI is InChI=1S/C34H56N2/c1-3-7-11-15-19-27-35-29-22-26-34(32-35)24-18-14-10-6-2-4-8-12-16-20-28-36-30-21-25-33(31-36)23-17-13-9-5-1/h21-22,25-26,29,32H,1-20,23-24,27-28,31H2. The zero-order chi connectivity index (χ0) is 24.9. The minimum absolute atomic E-state index is 1.12. The van der Waals surface area contributed by atoms with Crippen LogP contribution in [0.2, 0.25) is 0 Å². The van der Waals surface area contributed by atoms with Crippen LogP contribution < -0.4 is 4.57 Å². The fraction of sp³-hybridized carbons (Fsp3) is 0.735. The molecule has 3 heterocycles. The van der Waals surface area contributed by atoms with Gasteiger partial charge in [0.1, 0.15) is 6.54 Å². The fourth-order valence-electron chi connectivity index (χ4n) is 5.88. The third-order valence-corrected chi connectivity index (χ3v) is 8.20. The molecular weight excluding hydrogens is 436 g/mol. The van der Waals surface area contributed by atoms with E-state index in [0.29, 0.717) is 0 Å². The van der Waals surface area contributed by atoms with Crippen LogP contribution in [0.15, 0.2) is 42.3 Å². The first kappa shape index (κ1) is 29.0. The normalized spacial score (nSPS) is 21.9. The Balaban J connectivity index is 1.34. The lowest BCUT2D eigenvalue weighted by Gasteiger charge is -2.32. The van der Waals surface area contributed by atoms with Crippen LogP contribution >= 0.6 is 0 Å². The largest absolute Gasteiger partial charge is 0.462 e. The summed E-state index contributed by atoms with van der Waals surface area (Å²) in [6.07, 6.45) is 43.2. The van der Waals surface area contributed by atoms with E-state index >= 15 is 0 Å². The van der Waals surface area contributed by atoms with Gasteiger partial charge in [0.2, 0.25) is 0 Å². The molecule has 2 aliphatic heterocycles. The highest BCUT2D eigenvalue weighted by molar-refractivity contribution is 5.16. The lowest BCUT2D eigenvalue weighted by molar-refractivity contribution is -0.697. The molecule has 202 valence electrons. The number of pyridine rings is 1. The molecule has 0 aromatic carbocycles. The van der Waals surface area contributed by atoms with E-state index in [1.807, 2.05) is 0 Å². The summed E-state index contributed by atoms with van der Waals surface area (Å²) in [5, 5.41) is 0. The van der Waals surface area contributed by atoms with Gasteiger partial charge in [-0.2, -0.15) is 6.20 Å². The summed E-state index contributed by atoms with van der Waals surface area (Å²) in [6, 6.07) is 4.59. The number of hydrogen-bond acceptors (Lipinski definition) is 1. The summed E-state index contributed by atoms with van der Waals surface area (Å²) in [5.74, 6) is 0. The average Bonchev–Trinajstić information content (AvgIpc) is 2.90.